The third kappa shape index (κ3) is 3.35. The molecule has 0 saturated carbocycles. The molecule has 0 fully saturated rings. The molecule has 1 rings (SSSR count). The van der Waals surface area contributed by atoms with Crippen LogP contribution in [0.3, 0.4) is 0 Å². The largest absolute Gasteiger partial charge is 0.365 e. The Morgan fingerprint density at radius 3 is 2.31 bits per heavy atom. The van der Waals surface area contributed by atoms with E-state index in [9.17, 15) is 0 Å². The summed E-state index contributed by atoms with van der Waals surface area (Å²) in [6.45, 7) is 0.535. The van der Waals surface area contributed by atoms with E-state index in [0.717, 1.165) is 5.56 Å². The second kappa shape index (κ2) is 5.71. The summed E-state index contributed by atoms with van der Waals surface area (Å²) >= 11 is 17.2. The van der Waals surface area contributed by atoms with Gasteiger partial charge in [0.1, 0.15) is 6.07 Å². The van der Waals surface area contributed by atoms with Crippen molar-refractivity contribution in [2.75, 3.05) is 12.7 Å². The van der Waals surface area contributed by atoms with E-state index >= 15 is 0 Å². The SMILES string of the molecule is ClCOCCc1c(Cl)cccc1Cl. The Hall–Kier alpha value is 0.0500. The molecule has 0 unspecified atom stereocenters. The van der Waals surface area contributed by atoms with Crippen molar-refractivity contribution in [1.29, 1.82) is 0 Å². The molecule has 1 aromatic rings. The zero-order valence-electron chi connectivity index (χ0n) is 6.90. The Kier molecular flexibility index (Phi) is 4.89. The van der Waals surface area contributed by atoms with Gasteiger partial charge in [-0.05, 0) is 24.1 Å². The van der Waals surface area contributed by atoms with E-state index < -0.39 is 0 Å². The van der Waals surface area contributed by atoms with Crippen molar-refractivity contribution in [3.05, 3.63) is 33.8 Å². The lowest BCUT2D eigenvalue weighted by atomic mass is 10.1. The van der Waals surface area contributed by atoms with Gasteiger partial charge in [0, 0.05) is 10.0 Å². The van der Waals surface area contributed by atoms with Crippen LogP contribution in [-0.4, -0.2) is 12.7 Å². The van der Waals surface area contributed by atoms with Crippen LogP contribution >= 0.6 is 34.8 Å². The van der Waals surface area contributed by atoms with Gasteiger partial charge in [0.05, 0.1) is 6.61 Å². The van der Waals surface area contributed by atoms with E-state index in [4.69, 9.17) is 39.5 Å². The Labute approximate surface area is 92.5 Å². The Bertz CT molecular complexity index is 255. The van der Waals surface area contributed by atoms with Crippen LogP contribution in [-0.2, 0) is 11.2 Å². The molecule has 4 heteroatoms. The van der Waals surface area contributed by atoms with Crippen LogP contribution in [0.25, 0.3) is 0 Å². The van der Waals surface area contributed by atoms with Gasteiger partial charge in [0.15, 0.2) is 0 Å². The van der Waals surface area contributed by atoms with Crippen LogP contribution < -0.4 is 0 Å². The van der Waals surface area contributed by atoms with Crippen molar-refractivity contribution >= 4 is 34.8 Å². The lowest BCUT2D eigenvalue weighted by Gasteiger charge is -2.05. The van der Waals surface area contributed by atoms with Gasteiger partial charge in [-0.1, -0.05) is 40.9 Å². The van der Waals surface area contributed by atoms with Gasteiger partial charge in [0.2, 0.25) is 0 Å². The molecule has 0 heterocycles. The molecule has 0 saturated heterocycles. The summed E-state index contributed by atoms with van der Waals surface area (Å²) < 4.78 is 5.00. The lowest BCUT2D eigenvalue weighted by molar-refractivity contribution is 0.183. The van der Waals surface area contributed by atoms with Crippen molar-refractivity contribution in [2.45, 2.75) is 6.42 Å². The van der Waals surface area contributed by atoms with Crippen LogP contribution in [0.15, 0.2) is 18.2 Å². The number of alkyl halides is 1. The van der Waals surface area contributed by atoms with Crippen molar-refractivity contribution in [3.63, 3.8) is 0 Å². The zero-order valence-corrected chi connectivity index (χ0v) is 9.16. The highest BCUT2D eigenvalue weighted by atomic mass is 35.5. The minimum Gasteiger partial charge on any atom is -0.365 e. The van der Waals surface area contributed by atoms with Gasteiger partial charge < -0.3 is 4.74 Å². The highest BCUT2D eigenvalue weighted by Crippen LogP contribution is 2.24. The number of hydrogen-bond donors (Lipinski definition) is 0. The number of ether oxygens (including phenoxy) is 1. The summed E-state index contributed by atoms with van der Waals surface area (Å²) in [6.07, 6.45) is 0.686. The molecule has 0 atom stereocenters. The standard InChI is InChI=1S/C9H9Cl3O/c10-6-13-5-4-7-8(11)2-1-3-9(7)12/h1-3H,4-6H2. The predicted molar refractivity (Wildman–Crippen MR) is 56.8 cm³/mol. The molecule has 0 bridgehead atoms. The fourth-order valence-corrected chi connectivity index (χ4v) is 1.70. The fraction of sp³-hybridized carbons (Fsp3) is 0.333. The number of rotatable bonds is 4. The second-order valence-electron chi connectivity index (χ2n) is 2.47. The molecule has 1 nitrogen and oxygen atoms in total. The molecular weight excluding hydrogens is 230 g/mol. The van der Waals surface area contributed by atoms with E-state index in [-0.39, 0.29) is 6.07 Å². The number of benzene rings is 1. The summed E-state index contributed by atoms with van der Waals surface area (Å²) in [6, 6.07) is 5.63. The Morgan fingerprint density at radius 1 is 1.15 bits per heavy atom. The quantitative estimate of drug-likeness (QED) is 0.574. The summed E-state index contributed by atoms with van der Waals surface area (Å²) in [7, 11) is 0. The Morgan fingerprint density at radius 2 is 1.77 bits per heavy atom. The third-order valence-corrected chi connectivity index (χ3v) is 2.50. The molecule has 0 aliphatic rings. The van der Waals surface area contributed by atoms with E-state index in [1.54, 1.807) is 0 Å². The molecule has 0 spiro atoms. The van der Waals surface area contributed by atoms with Crippen molar-refractivity contribution in [1.82, 2.24) is 0 Å². The molecule has 0 aliphatic carbocycles. The first-order chi connectivity index (χ1) is 6.25. The van der Waals surface area contributed by atoms with E-state index in [0.29, 0.717) is 23.1 Å². The van der Waals surface area contributed by atoms with Gasteiger partial charge in [-0.15, -0.1) is 0 Å². The van der Waals surface area contributed by atoms with Crippen LogP contribution in [0.5, 0.6) is 0 Å². The molecule has 72 valence electrons. The van der Waals surface area contributed by atoms with Gasteiger partial charge in [0.25, 0.3) is 0 Å². The minimum atomic E-state index is 0.196. The maximum absolute atomic E-state index is 5.94. The number of halogens is 3. The van der Waals surface area contributed by atoms with Gasteiger partial charge >= 0.3 is 0 Å². The normalized spacial score (nSPS) is 10.4. The van der Waals surface area contributed by atoms with E-state index in [2.05, 4.69) is 0 Å². The highest BCUT2D eigenvalue weighted by molar-refractivity contribution is 6.35. The monoisotopic (exact) mass is 238 g/mol. The first kappa shape index (κ1) is 11.1. The average molecular weight is 240 g/mol. The van der Waals surface area contributed by atoms with Gasteiger partial charge in [-0.25, -0.2) is 0 Å². The molecular formula is C9H9Cl3O. The van der Waals surface area contributed by atoms with Gasteiger partial charge in [-0.2, -0.15) is 0 Å². The van der Waals surface area contributed by atoms with Crippen LogP contribution in [0, 0.1) is 0 Å². The molecule has 1 aromatic carbocycles. The molecule has 13 heavy (non-hydrogen) atoms. The Balaban J connectivity index is 2.64. The summed E-state index contributed by atoms with van der Waals surface area (Å²) in [5, 5.41) is 1.34. The molecule has 0 aromatic heterocycles. The minimum absolute atomic E-state index is 0.196. The van der Waals surface area contributed by atoms with Crippen LogP contribution in [0.4, 0.5) is 0 Å². The van der Waals surface area contributed by atoms with Crippen molar-refractivity contribution < 1.29 is 4.74 Å². The van der Waals surface area contributed by atoms with E-state index in [1.165, 1.54) is 0 Å². The maximum atomic E-state index is 5.94. The van der Waals surface area contributed by atoms with E-state index in [1.807, 2.05) is 18.2 Å². The molecule has 0 aliphatic heterocycles. The summed E-state index contributed by atoms with van der Waals surface area (Å²) in [5.74, 6) is 0. The summed E-state index contributed by atoms with van der Waals surface area (Å²) in [5.41, 5.74) is 0.913. The first-order valence-corrected chi connectivity index (χ1v) is 5.11. The summed E-state index contributed by atoms with van der Waals surface area (Å²) in [4.78, 5) is 0. The van der Waals surface area contributed by atoms with Gasteiger partial charge in [-0.3, -0.25) is 0 Å². The molecule has 0 N–H and O–H groups in total. The maximum Gasteiger partial charge on any atom is 0.120 e. The van der Waals surface area contributed by atoms with Crippen LogP contribution in [0.1, 0.15) is 5.56 Å². The third-order valence-electron chi connectivity index (χ3n) is 1.64. The average Bonchev–Trinajstić information content (AvgIpc) is 2.10. The number of hydrogen-bond acceptors (Lipinski definition) is 1. The molecule has 0 amide bonds. The lowest BCUT2D eigenvalue weighted by Crippen LogP contribution is -1.98. The topological polar surface area (TPSA) is 9.23 Å². The van der Waals surface area contributed by atoms with Crippen LogP contribution in [0.2, 0.25) is 10.0 Å². The first-order valence-electron chi connectivity index (χ1n) is 3.82. The predicted octanol–water partition coefficient (Wildman–Crippen LogP) is 3.75. The van der Waals surface area contributed by atoms with Crippen molar-refractivity contribution in [2.24, 2.45) is 0 Å². The highest BCUT2D eigenvalue weighted by Gasteiger charge is 2.04. The second-order valence-corrected chi connectivity index (χ2v) is 3.50. The zero-order chi connectivity index (χ0) is 9.68. The smallest absolute Gasteiger partial charge is 0.120 e. The molecule has 0 radical (unpaired) electrons. The van der Waals surface area contributed by atoms with Crippen molar-refractivity contribution in [3.8, 4) is 0 Å². The fourth-order valence-electron chi connectivity index (χ4n) is 1.000.